The van der Waals surface area contributed by atoms with Crippen molar-refractivity contribution in [2.75, 3.05) is 0 Å². The van der Waals surface area contributed by atoms with E-state index in [9.17, 15) is 4.79 Å². The van der Waals surface area contributed by atoms with Crippen LogP contribution in [0.3, 0.4) is 0 Å². The summed E-state index contributed by atoms with van der Waals surface area (Å²) in [5, 5.41) is 10.7. The first-order valence-corrected chi connectivity index (χ1v) is 4.98. The molecule has 13 heavy (non-hydrogen) atoms. The van der Waals surface area contributed by atoms with E-state index in [0.29, 0.717) is 0 Å². The average molecular weight is 198 g/mol. The molecule has 0 amide bonds. The summed E-state index contributed by atoms with van der Waals surface area (Å²) in [6.45, 7) is 0. The second-order valence-electron chi connectivity index (χ2n) is 3.35. The molecule has 4 nitrogen and oxygen atoms in total. The van der Waals surface area contributed by atoms with Crippen LogP contribution in [0.4, 0.5) is 0 Å². The molecule has 0 saturated heterocycles. The first-order chi connectivity index (χ1) is 6.17. The highest BCUT2D eigenvalue weighted by molar-refractivity contribution is 7.07. The molecule has 1 saturated carbocycles. The third-order valence-electron chi connectivity index (χ3n) is 2.59. The highest BCUT2D eigenvalue weighted by Crippen LogP contribution is 2.49. The van der Waals surface area contributed by atoms with E-state index in [-0.39, 0.29) is 5.41 Å². The molecule has 1 heterocycles. The van der Waals surface area contributed by atoms with Gasteiger partial charge in [0.25, 0.3) is 0 Å². The van der Waals surface area contributed by atoms with E-state index in [4.69, 9.17) is 10.8 Å². The summed E-state index contributed by atoms with van der Waals surface area (Å²) >= 11 is 1.48. The lowest BCUT2D eigenvalue weighted by atomic mass is 9.94. The Kier molecular flexibility index (Phi) is 1.85. The molecule has 0 aliphatic heterocycles. The molecule has 1 aromatic heterocycles. The van der Waals surface area contributed by atoms with Gasteiger partial charge in [0.15, 0.2) is 0 Å². The maximum atomic E-state index is 10.7. The zero-order valence-electron chi connectivity index (χ0n) is 6.93. The van der Waals surface area contributed by atoms with E-state index in [1.165, 1.54) is 11.3 Å². The SMILES string of the molecule is NC(C(=O)O)C1(c2cscn2)CC1. The predicted octanol–water partition coefficient (Wildman–Crippen LogP) is 0.587. The van der Waals surface area contributed by atoms with Crippen LogP contribution in [-0.2, 0) is 10.2 Å². The normalized spacial score (nSPS) is 21.0. The number of rotatable bonds is 3. The standard InChI is InChI=1S/C8H10N2O2S/c9-6(7(11)12)8(1-2-8)5-3-13-4-10-5/h3-4,6H,1-2,9H2,(H,11,12). The minimum Gasteiger partial charge on any atom is -0.480 e. The lowest BCUT2D eigenvalue weighted by molar-refractivity contribution is -0.139. The number of hydrogen-bond donors (Lipinski definition) is 2. The van der Waals surface area contributed by atoms with Crippen molar-refractivity contribution in [1.82, 2.24) is 4.98 Å². The molecular formula is C8H10N2O2S. The van der Waals surface area contributed by atoms with Crippen LogP contribution in [0, 0.1) is 0 Å². The summed E-state index contributed by atoms with van der Waals surface area (Å²) in [6, 6.07) is -0.811. The van der Waals surface area contributed by atoms with Crippen LogP contribution in [0.2, 0.25) is 0 Å². The van der Waals surface area contributed by atoms with Crippen LogP contribution >= 0.6 is 11.3 Å². The smallest absolute Gasteiger partial charge is 0.321 e. The number of carboxylic acids is 1. The van der Waals surface area contributed by atoms with E-state index in [0.717, 1.165) is 18.5 Å². The van der Waals surface area contributed by atoms with Gasteiger partial charge >= 0.3 is 5.97 Å². The number of hydrogen-bond acceptors (Lipinski definition) is 4. The van der Waals surface area contributed by atoms with Gasteiger partial charge in [0.2, 0.25) is 0 Å². The van der Waals surface area contributed by atoms with Crippen molar-refractivity contribution >= 4 is 17.3 Å². The van der Waals surface area contributed by atoms with Gasteiger partial charge in [0.1, 0.15) is 6.04 Å². The van der Waals surface area contributed by atoms with Crippen LogP contribution in [-0.4, -0.2) is 22.1 Å². The van der Waals surface area contributed by atoms with Crippen LogP contribution in [0.15, 0.2) is 10.9 Å². The Bertz CT molecular complexity index is 319. The van der Waals surface area contributed by atoms with E-state index < -0.39 is 12.0 Å². The van der Waals surface area contributed by atoms with Crippen molar-refractivity contribution in [2.24, 2.45) is 5.73 Å². The molecule has 1 aliphatic rings. The van der Waals surface area contributed by atoms with Gasteiger partial charge in [-0.05, 0) is 12.8 Å². The van der Waals surface area contributed by atoms with Gasteiger partial charge in [-0.25, -0.2) is 4.98 Å². The number of aliphatic carboxylic acids is 1. The molecule has 3 N–H and O–H groups in total. The quantitative estimate of drug-likeness (QED) is 0.745. The summed E-state index contributed by atoms with van der Waals surface area (Å²) in [5.74, 6) is -0.939. The van der Waals surface area contributed by atoms with Crippen molar-refractivity contribution in [3.8, 4) is 0 Å². The van der Waals surface area contributed by atoms with E-state index in [1.807, 2.05) is 5.38 Å². The van der Waals surface area contributed by atoms with Crippen molar-refractivity contribution in [3.05, 3.63) is 16.6 Å². The fourth-order valence-corrected chi connectivity index (χ4v) is 2.22. The van der Waals surface area contributed by atoms with E-state index >= 15 is 0 Å². The molecular weight excluding hydrogens is 188 g/mol. The molecule has 0 spiro atoms. The Labute approximate surface area is 79.4 Å². The van der Waals surface area contributed by atoms with E-state index in [2.05, 4.69) is 4.98 Å². The second kappa shape index (κ2) is 2.78. The maximum Gasteiger partial charge on any atom is 0.321 e. The first kappa shape index (κ1) is 8.65. The van der Waals surface area contributed by atoms with Crippen LogP contribution in [0.1, 0.15) is 18.5 Å². The molecule has 1 aromatic rings. The van der Waals surface area contributed by atoms with Crippen molar-refractivity contribution in [3.63, 3.8) is 0 Å². The number of carbonyl (C=O) groups is 1. The van der Waals surface area contributed by atoms with Crippen LogP contribution < -0.4 is 5.73 Å². The third-order valence-corrected chi connectivity index (χ3v) is 3.18. The highest BCUT2D eigenvalue weighted by Gasteiger charge is 2.53. The monoisotopic (exact) mass is 198 g/mol. The zero-order chi connectivity index (χ0) is 9.47. The second-order valence-corrected chi connectivity index (χ2v) is 4.06. The summed E-state index contributed by atoms with van der Waals surface area (Å²) in [6.07, 6.45) is 1.68. The summed E-state index contributed by atoms with van der Waals surface area (Å²) in [7, 11) is 0. The molecule has 0 radical (unpaired) electrons. The number of thiazole rings is 1. The number of aromatic nitrogens is 1. The van der Waals surface area contributed by atoms with Gasteiger partial charge in [0, 0.05) is 10.8 Å². The van der Waals surface area contributed by atoms with Crippen molar-refractivity contribution in [1.29, 1.82) is 0 Å². The minimum atomic E-state index is -0.939. The predicted molar refractivity (Wildman–Crippen MR) is 48.6 cm³/mol. The van der Waals surface area contributed by atoms with Gasteiger partial charge in [0.05, 0.1) is 11.2 Å². The van der Waals surface area contributed by atoms with Gasteiger partial charge in [-0.3, -0.25) is 4.79 Å². The van der Waals surface area contributed by atoms with E-state index in [1.54, 1.807) is 5.51 Å². The maximum absolute atomic E-state index is 10.7. The molecule has 5 heteroatoms. The summed E-state index contributed by atoms with van der Waals surface area (Å²) < 4.78 is 0. The van der Waals surface area contributed by atoms with Crippen molar-refractivity contribution < 1.29 is 9.90 Å². The molecule has 2 rings (SSSR count). The Morgan fingerprint density at radius 2 is 2.46 bits per heavy atom. The largest absolute Gasteiger partial charge is 0.480 e. The van der Waals surface area contributed by atoms with Gasteiger partial charge in [-0.2, -0.15) is 0 Å². The highest BCUT2D eigenvalue weighted by atomic mass is 32.1. The molecule has 1 atom stereocenters. The Morgan fingerprint density at radius 3 is 2.85 bits per heavy atom. The van der Waals surface area contributed by atoms with Crippen LogP contribution in [0.25, 0.3) is 0 Å². The minimum absolute atomic E-state index is 0.369. The molecule has 0 aromatic carbocycles. The van der Waals surface area contributed by atoms with Crippen molar-refractivity contribution in [2.45, 2.75) is 24.3 Å². The third kappa shape index (κ3) is 1.24. The number of nitrogens with two attached hydrogens (primary N) is 1. The summed E-state index contributed by atoms with van der Waals surface area (Å²) in [5.41, 5.74) is 7.80. The van der Waals surface area contributed by atoms with Crippen LogP contribution in [0.5, 0.6) is 0 Å². The van der Waals surface area contributed by atoms with Gasteiger partial charge < -0.3 is 10.8 Å². The zero-order valence-corrected chi connectivity index (χ0v) is 7.75. The number of nitrogens with zero attached hydrogens (tertiary/aromatic N) is 1. The van der Waals surface area contributed by atoms with Gasteiger partial charge in [-0.15, -0.1) is 11.3 Å². The average Bonchev–Trinajstić information content (AvgIpc) is 2.72. The summed E-state index contributed by atoms with van der Waals surface area (Å²) in [4.78, 5) is 14.9. The first-order valence-electron chi connectivity index (χ1n) is 4.04. The lowest BCUT2D eigenvalue weighted by Gasteiger charge is -2.16. The molecule has 0 bridgehead atoms. The molecule has 1 unspecified atom stereocenters. The molecule has 1 fully saturated rings. The fourth-order valence-electron chi connectivity index (χ4n) is 1.56. The topological polar surface area (TPSA) is 76.2 Å². The lowest BCUT2D eigenvalue weighted by Crippen LogP contribution is -2.42. The number of carboxylic acid groups (broad SMARTS) is 1. The molecule has 1 aliphatic carbocycles. The molecule has 70 valence electrons. The Hall–Kier alpha value is -0.940. The van der Waals surface area contributed by atoms with Gasteiger partial charge in [-0.1, -0.05) is 0 Å². The Balaban J connectivity index is 2.27. The fraction of sp³-hybridized carbons (Fsp3) is 0.500. The Morgan fingerprint density at radius 1 is 1.77 bits per heavy atom.